The van der Waals surface area contributed by atoms with Crippen LogP contribution in [0.15, 0.2) is 30.5 Å². The first-order valence-electron chi connectivity index (χ1n) is 10.2. The molecule has 0 unspecified atom stereocenters. The molecule has 158 valence electrons. The number of aliphatic hydroxyl groups is 1. The fourth-order valence-electron chi connectivity index (χ4n) is 3.99. The number of aryl methyl sites for hydroxylation is 1. The van der Waals surface area contributed by atoms with Crippen LogP contribution in [0.3, 0.4) is 0 Å². The molecule has 0 spiro atoms. The summed E-state index contributed by atoms with van der Waals surface area (Å²) in [6.45, 7) is 1.91. The van der Waals surface area contributed by atoms with Crippen LogP contribution < -0.4 is 5.73 Å². The normalized spacial score (nSPS) is 21.7. The van der Waals surface area contributed by atoms with Gasteiger partial charge in [0.25, 0.3) is 11.8 Å². The summed E-state index contributed by atoms with van der Waals surface area (Å²) in [5, 5.41) is 10.6. The molecule has 2 aliphatic heterocycles. The lowest BCUT2D eigenvalue weighted by Crippen LogP contribution is -2.38. The number of hydrogen-bond donors (Lipinski definition) is 2. The first-order chi connectivity index (χ1) is 14.4. The molecular weight excluding hydrogens is 384 g/mol. The van der Waals surface area contributed by atoms with E-state index in [9.17, 15) is 14.7 Å². The van der Waals surface area contributed by atoms with Crippen LogP contribution in [-0.4, -0.2) is 64.2 Å². The SMILES string of the molecule is CN1CC[C@@](O)(CCc2cccc(-c3ncc(CC4COC4)c(C(N)=O)n3)c2)C1=O. The summed E-state index contributed by atoms with van der Waals surface area (Å²) in [5.41, 5.74) is 6.96. The molecule has 1 atom stereocenters. The Morgan fingerprint density at radius 3 is 2.83 bits per heavy atom. The van der Waals surface area contributed by atoms with E-state index in [4.69, 9.17) is 10.5 Å². The number of likely N-dealkylation sites (N-methyl/N-ethyl adjacent to an activating group) is 1. The van der Waals surface area contributed by atoms with E-state index in [0.717, 1.165) is 16.7 Å². The van der Waals surface area contributed by atoms with Gasteiger partial charge in [0.2, 0.25) is 0 Å². The van der Waals surface area contributed by atoms with Gasteiger partial charge in [-0.3, -0.25) is 9.59 Å². The Balaban J connectivity index is 1.52. The smallest absolute Gasteiger partial charge is 0.267 e. The quantitative estimate of drug-likeness (QED) is 0.702. The minimum atomic E-state index is -1.30. The topological polar surface area (TPSA) is 119 Å². The van der Waals surface area contributed by atoms with Crippen molar-refractivity contribution in [3.63, 3.8) is 0 Å². The Hall–Kier alpha value is -2.84. The third-order valence-electron chi connectivity index (χ3n) is 5.93. The van der Waals surface area contributed by atoms with E-state index in [0.29, 0.717) is 57.2 Å². The molecule has 8 nitrogen and oxygen atoms in total. The summed E-state index contributed by atoms with van der Waals surface area (Å²) in [7, 11) is 1.70. The predicted molar refractivity (Wildman–Crippen MR) is 110 cm³/mol. The Morgan fingerprint density at radius 2 is 2.20 bits per heavy atom. The molecule has 0 saturated carbocycles. The number of amides is 2. The average molecular weight is 410 g/mol. The van der Waals surface area contributed by atoms with Crippen LogP contribution >= 0.6 is 0 Å². The number of aromatic nitrogens is 2. The number of rotatable bonds is 7. The number of nitrogens with zero attached hydrogens (tertiary/aromatic N) is 3. The second-order valence-electron chi connectivity index (χ2n) is 8.25. The third-order valence-corrected chi connectivity index (χ3v) is 5.93. The van der Waals surface area contributed by atoms with Crippen molar-refractivity contribution in [1.29, 1.82) is 0 Å². The van der Waals surface area contributed by atoms with Gasteiger partial charge in [-0.2, -0.15) is 0 Å². The number of carbonyl (C=O) groups is 2. The van der Waals surface area contributed by atoms with Crippen molar-refractivity contribution in [3.05, 3.63) is 47.3 Å². The molecule has 0 radical (unpaired) electrons. The molecule has 30 heavy (non-hydrogen) atoms. The molecule has 2 amide bonds. The van der Waals surface area contributed by atoms with Gasteiger partial charge in [-0.25, -0.2) is 9.97 Å². The maximum absolute atomic E-state index is 12.2. The van der Waals surface area contributed by atoms with Gasteiger partial charge in [-0.05, 0) is 30.9 Å². The first kappa shape index (κ1) is 20.4. The van der Waals surface area contributed by atoms with E-state index in [1.165, 1.54) is 0 Å². The number of ether oxygens (including phenoxy) is 1. The molecule has 2 aromatic rings. The number of likely N-dealkylation sites (tertiary alicyclic amines) is 1. The van der Waals surface area contributed by atoms with E-state index in [2.05, 4.69) is 9.97 Å². The lowest BCUT2D eigenvalue weighted by Gasteiger charge is -2.26. The number of benzene rings is 1. The molecule has 3 heterocycles. The zero-order valence-electron chi connectivity index (χ0n) is 17.0. The van der Waals surface area contributed by atoms with Crippen LogP contribution in [-0.2, 0) is 22.4 Å². The average Bonchev–Trinajstić information content (AvgIpc) is 2.97. The lowest BCUT2D eigenvalue weighted by atomic mass is 9.93. The van der Waals surface area contributed by atoms with Gasteiger partial charge in [-0.1, -0.05) is 18.2 Å². The van der Waals surface area contributed by atoms with Crippen LogP contribution in [0, 0.1) is 5.92 Å². The molecule has 8 heteroatoms. The zero-order valence-corrected chi connectivity index (χ0v) is 17.0. The van der Waals surface area contributed by atoms with Gasteiger partial charge in [0.05, 0.1) is 13.2 Å². The molecule has 0 aliphatic carbocycles. The summed E-state index contributed by atoms with van der Waals surface area (Å²) >= 11 is 0. The summed E-state index contributed by atoms with van der Waals surface area (Å²) < 4.78 is 5.19. The Bertz CT molecular complexity index is 975. The third kappa shape index (κ3) is 4.06. The monoisotopic (exact) mass is 410 g/mol. The number of hydrogen-bond acceptors (Lipinski definition) is 6. The van der Waals surface area contributed by atoms with Gasteiger partial charge in [-0.15, -0.1) is 0 Å². The van der Waals surface area contributed by atoms with Crippen LogP contribution in [0.1, 0.15) is 34.5 Å². The summed E-state index contributed by atoms with van der Waals surface area (Å²) in [6.07, 6.45) is 3.69. The Labute approximate surface area is 175 Å². The van der Waals surface area contributed by atoms with Crippen molar-refractivity contribution in [3.8, 4) is 11.4 Å². The number of primary amides is 1. The second kappa shape index (κ2) is 8.12. The highest BCUT2D eigenvalue weighted by Crippen LogP contribution is 2.28. The molecule has 2 aliphatic rings. The van der Waals surface area contributed by atoms with Crippen molar-refractivity contribution in [2.45, 2.75) is 31.3 Å². The fourth-order valence-corrected chi connectivity index (χ4v) is 3.99. The maximum atomic E-state index is 12.2. The summed E-state index contributed by atoms with van der Waals surface area (Å²) in [5.74, 6) is -0.00431. The highest BCUT2D eigenvalue weighted by Gasteiger charge is 2.42. The van der Waals surface area contributed by atoms with Gasteiger partial charge in [0.15, 0.2) is 5.82 Å². The molecule has 0 bridgehead atoms. The molecule has 2 saturated heterocycles. The van der Waals surface area contributed by atoms with E-state index in [1.54, 1.807) is 18.1 Å². The van der Waals surface area contributed by atoms with E-state index in [1.807, 2.05) is 24.3 Å². The van der Waals surface area contributed by atoms with Gasteiger partial charge in [0, 0.05) is 43.3 Å². The van der Waals surface area contributed by atoms with Crippen LogP contribution in [0.2, 0.25) is 0 Å². The van der Waals surface area contributed by atoms with Gasteiger partial charge >= 0.3 is 0 Å². The lowest BCUT2D eigenvalue weighted by molar-refractivity contribution is -0.142. The highest BCUT2D eigenvalue weighted by atomic mass is 16.5. The maximum Gasteiger partial charge on any atom is 0.267 e. The first-order valence-corrected chi connectivity index (χ1v) is 10.2. The molecule has 4 rings (SSSR count). The van der Waals surface area contributed by atoms with Gasteiger partial charge in [0.1, 0.15) is 11.3 Å². The highest BCUT2D eigenvalue weighted by molar-refractivity contribution is 5.92. The number of carbonyl (C=O) groups excluding carboxylic acids is 2. The van der Waals surface area contributed by atoms with E-state index >= 15 is 0 Å². The van der Waals surface area contributed by atoms with Crippen molar-refractivity contribution >= 4 is 11.8 Å². The summed E-state index contributed by atoms with van der Waals surface area (Å²) in [4.78, 5) is 34.6. The minimum absolute atomic E-state index is 0.222. The summed E-state index contributed by atoms with van der Waals surface area (Å²) in [6, 6.07) is 7.61. The predicted octanol–water partition coefficient (Wildman–Crippen LogP) is 0.957. The molecule has 3 N–H and O–H groups in total. The van der Waals surface area contributed by atoms with Crippen LogP contribution in [0.25, 0.3) is 11.4 Å². The molecule has 1 aromatic carbocycles. The van der Waals surface area contributed by atoms with Gasteiger partial charge < -0.3 is 20.5 Å². The molecule has 1 aromatic heterocycles. The van der Waals surface area contributed by atoms with Crippen molar-refractivity contribution in [1.82, 2.24) is 14.9 Å². The number of nitrogens with two attached hydrogens (primary N) is 1. The Kier molecular flexibility index (Phi) is 5.53. The standard InChI is InChI=1S/C22H26N4O4/c1-26-8-7-22(29,21(26)28)6-5-14-3-2-4-16(9-14)20-24-11-17(10-15-12-30-13-15)18(25-20)19(23)27/h2-4,9,11,15,29H,5-8,10,12-13H2,1H3,(H2,23,27)/t22-/m0/s1. The Morgan fingerprint density at radius 1 is 1.40 bits per heavy atom. The molecular formula is C22H26N4O4. The van der Waals surface area contributed by atoms with Crippen molar-refractivity contribution in [2.75, 3.05) is 26.8 Å². The van der Waals surface area contributed by atoms with E-state index in [-0.39, 0.29) is 11.6 Å². The van der Waals surface area contributed by atoms with Crippen molar-refractivity contribution < 1.29 is 19.4 Å². The largest absolute Gasteiger partial charge is 0.381 e. The van der Waals surface area contributed by atoms with E-state index < -0.39 is 11.5 Å². The minimum Gasteiger partial charge on any atom is -0.381 e. The van der Waals surface area contributed by atoms with Crippen molar-refractivity contribution in [2.24, 2.45) is 11.7 Å². The van der Waals surface area contributed by atoms with Crippen LogP contribution in [0.5, 0.6) is 0 Å². The van der Waals surface area contributed by atoms with Crippen LogP contribution in [0.4, 0.5) is 0 Å². The second-order valence-corrected chi connectivity index (χ2v) is 8.25. The fraction of sp³-hybridized carbons (Fsp3) is 0.455. The molecule has 2 fully saturated rings. The zero-order chi connectivity index (χ0) is 21.3.